The molecule has 19 heavy (non-hydrogen) atoms. The molecule has 104 valence electrons. The van der Waals surface area contributed by atoms with Gasteiger partial charge in [0.15, 0.2) is 0 Å². The summed E-state index contributed by atoms with van der Waals surface area (Å²) in [6, 6.07) is 6.26. The van der Waals surface area contributed by atoms with E-state index in [2.05, 4.69) is 26.0 Å². The van der Waals surface area contributed by atoms with E-state index in [1.54, 1.807) is 0 Å². The predicted octanol–water partition coefficient (Wildman–Crippen LogP) is 3.00. The molecule has 0 radical (unpaired) electrons. The van der Waals surface area contributed by atoms with Crippen LogP contribution in [0.5, 0.6) is 5.75 Å². The van der Waals surface area contributed by atoms with Gasteiger partial charge in [-0.15, -0.1) is 0 Å². The number of rotatable bonds is 4. The van der Waals surface area contributed by atoms with Gasteiger partial charge in [-0.1, -0.05) is 26.0 Å². The molecule has 3 nitrogen and oxygen atoms in total. The van der Waals surface area contributed by atoms with E-state index in [-0.39, 0.29) is 17.8 Å². The zero-order chi connectivity index (χ0) is 13.8. The van der Waals surface area contributed by atoms with E-state index < -0.39 is 0 Å². The molecular formula is C16H22O3. The van der Waals surface area contributed by atoms with E-state index in [0.717, 1.165) is 31.6 Å². The summed E-state index contributed by atoms with van der Waals surface area (Å²) < 4.78 is 10.5. The number of carbonyl (C=O) groups is 1. The first-order valence-electron chi connectivity index (χ1n) is 6.94. The zero-order valence-corrected chi connectivity index (χ0v) is 11.9. The Bertz CT molecular complexity index is 451. The van der Waals surface area contributed by atoms with Crippen LogP contribution in [-0.2, 0) is 22.4 Å². The van der Waals surface area contributed by atoms with Gasteiger partial charge in [-0.2, -0.15) is 0 Å². The van der Waals surface area contributed by atoms with Gasteiger partial charge in [0.05, 0.1) is 19.6 Å². The first kappa shape index (κ1) is 13.9. The van der Waals surface area contributed by atoms with Gasteiger partial charge in [0.1, 0.15) is 5.75 Å². The summed E-state index contributed by atoms with van der Waals surface area (Å²) in [5, 5.41) is 0. The summed E-state index contributed by atoms with van der Waals surface area (Å²) in [6.45, 7) is 4.93. The quantitative estimate of drug-likeness (QED) is 0.782. The van der Waals surface area contributed by atoms with Gasteiger partial charge < -0.3 is 9.47 Å². The van der Waals surface area contributed by atoms with Crippen LogP contribution in [0.25, 0.3) is 0 Å². The highest BCUT2D eigenvalue weighted by atomic mass is 16.5. The Morgan fingerprint density at radius 1 is 1.42 bits per heavy atom. The lowest BCUT2D eigenvalue weighted by atomic mass is 9.88. The number of methoxy groups -OCH3 is 1. The Hall–Kier alpha value is -1.51. The Morgan fingerprint density at radius 3 is 2.89 bits per heavy atom. The van der Waals surface area contributed by atoms with Crippen molar-refractivity contribution in [3.05, 3.63) is 29.3 Å². The number of aryl methyl sites for hydroxylation is 1. The SMILES string of the molecule is COC(=O)C(Cc1ccc2c(c1)CCCO2)C(C)C. The standard InChI is InChI=1S/C16H22O3/c1-11(2)14(16(17)18-3)10-12-6-7-15-13(9-12)5-4-8-19-15/h6-7,9,11,14H,4-5,8,10H2,1-3H3. The molecule has 2 rings (SSSR count). The molecule has 0 N–H and O–H groups in total. The number of fused-ring (bicyclic) bond motifs is 1. The number of ether oxygens (including phenoxy) is 2. The van der Waals surface area contributed by atoms with Crippen molar-refractivity contribution < 1.29 is 14.3 Å². The highest BCUT2D eigenvalue weighted by Gasteiger charge is 2.23. The lowest BCUT2D eigenvalue weighted by Crippen LogP contribution is -2.24. The predicted molar refractivity (Wildman–Crippen MR) is 74.3 cm³/mol. The van der Waals surface area contributed by atoms with Crippen LogP contribution in [0.15, 0.2) is 18.2 Å². The van der Waals surface area contributed by atoms with Crippen LogP contribution in [0.4, 0.5) is 0 Å². The van der Waals surface area contributed by atoms with E-state index in [1.165, 1.54) is 18.2 Å². The van der Waals surface area contributed by atoms with Crippen LogP contribution in [0.3, 0.4) is 0 Å². The molecule has 1 atom stereocenters. The van der Waals surface area contributed by atoms with Crippen molar-refractivity contribution in [3.63, 3.8) is 0 Å². The van der Waals surface area contributed by atoms with Crippen molar-refractivity contribution in [1.29, 1.82) is 0 Å². The third-order valence-electron chi connectivity index (χ3n) is 3.74. The highest BCUT2D eigenvalue weighted by Crippen LogP contribution is 2.27. The van der Waals surface area contributed by atoms with Crippen molar-refractivity contribution in [2.24, 2.45) is 11.8 Å². The monoisotopic (exact) mass is 262 g/mol. The van der Waals surface area contributed by atoms with E-state index in [0.29, 0.717) is 0 Å². The van der Waals surface area contributed by atoms with Crippen LogP contribution in [0, 0.1) is 11.8 Å². The first-order chi connectivity index (χ1) is 9.11. The second-order valence-corrected chi connectivity index (χ2v) is 5.47. The molecule has 1 heterocycles. The number of benzene rings is 1. The van der Waals surface area contributed by atoms with E-state index >= 15 is 0 Å². The zero-order valence-electron chi connectivity index (χ0n) is 11.9. The molecule has 0 saturated heterocycles. The molecule has 0 saturated carbocycles. The molecule has 1 unspecified atom stereocenters. The van der Waals surface area contributed by atoms with E-state index in [1.807, 2.05) is 6.07 Å². The van der Waals surface area contributed by atoms with Crippen molar-refractivity contribution in [2.75, 3.05) is 13.7 Å². The summed E-state index contributed by atoms with van der Waals surface area (Å²) in [5.41, 5.74) is 2.45. The van der Waals surface area contributed by atoms with Crippen LogP contribution >= 0.6 is 0 Å². The van der Waals surface area contributed by atoms with E-state index in [4.69, 9.17) is 9.47 Å². The van der Waals surface area contributed by atoms with Crippen LogP contribution in [0.1, 0.15) is 31.4 Å². The third kappa shape index (κ3) is 3.28. The van der Waals surface area contributed by atoms with Gasteiger partial charge in [-0.25, -0.2) is 0 Å². The molecule has 0 fully saturated rings. The van der Waals surface area contributed by atoms with Gasteiger partial charge in [0.25, 0.3) is 0 Å². The minimum Gasteiger partial charge on any atom is -0.493 e. The molecule has 0 aromatic heterocycles. The van der Waals surface area contributed by atoms with Gasteiger partial charge in [-0.05, 0) is 42.4 Å². The number of hydrogen-bond donors (Lipinski definition) is 0. The van der Waals surface area contributed by atoms with Crippen molar-refractivity contribution in [1.82, 2.24) is 0 Å². The second kappa shape index (κ2) is 6.09. The van der Waals surface area contributed by atoms with Crippen LogP contribution < -0.4 is 4.74 Å². The maximum atomic E-state index is 11.8. The number of esters is 1. The van der Waals surface area contributed by atoms with Crippen molar-refractivity contribution >= 4 is 5.97 Å². The maximum absolute atomic E-state index is 11.8. The summed E-state index contributed by atoms with van der Waals surface area (Å²) in [4.78, 5) is 11.8. The number of carbonyl (C=O) groups excluding carboxylic acids is 1. The molecular weight excluding hydrogens is 240 g/mol. The lowest BCUT2D eigenvalue weighted by Gasteiger charge is -2.21. The van der Waals surface area contributed by atoms with Gasteiger partial charge >= 0.3 is 5.97 Å². The molecule has 1 aliphatic rings. The fourth-order valence-electron chi connectivity index (χ4n) is 2.54. The summed E-state index contributed by atoms with van der Waals surface area (Å²) >= 11 is 0. The fraction of sp³-hybridized carbons (Fsp3) is 0.562. The second-order valence-electron chi connectivity index (χ2n) is 5.47. The largest absolute Gasteiger partial charge is 0.493 e. The van der Waals surface area contributed by atoms with Crippen LogP contribution in [-0.4, -0.2) is 19.7 Å². The summed E-state index contributed by atoms with van der Waals surface area (Å²) in [7, 11) is 1.46. The Morgan fingerprint density at radius 2 is 2.21 bits per heavy atom. The average Bonchev–Trinajstić information content (AvgIpc) is 2.43. The Kier molecular flexibility index (Phi) is 4.46. The molecule has 1 aliphatic heterocycles. The van der Waals surface area contributed by atoms with Crippen molar-refractivity contribution in [2.45, 2.75) is 33.1 Å². The molecule has 1 aromatic rings. The third-order valence-corrected chi connectivity index (χ3v) is 3.74. The van der Waals surface area contributed by atoms with Gasteiger partial charge in [-0.3, -0.25) is 4.79 Å². The molecule has 0 amide bonds. The normalized spacial score (nSPS) is 15.6. The summed E-state index contributed by atoms with van der Waals surface area (Å²) in [6.07, 6.45) is 2.87. The molecule has 0 bridgehead atoms. The topological polar surface area (TPSA) is 35.5 Å². The molecule has 0 aliphatic carbocycles. The smallest absolute Gasteiger partial charge is 0.309 e. The number of hydrogen-bond acceptors (Lipinski definition) is 3. The maximum Gasteiger partial charge on any atom is 0.309 e. The fourth-order valence-corrected chi connectivity index (χ4v) is 2.54. The highest BCUT2D eigenvalue weighted by molar-refractivity contribution is 5.73. The Labute approximate surface area is 114 Å². The molecule has 1 aromatic carbocycles. The molecule has 0 spiro atoms. The Balaban J connectivity index is 2.15. The minimum absolute atomic E-state index is 0.0763. The van der Waals surface area contributed by atoms with E-state index in [9.17, 15) is 4.79 Å². The molecule has 3 heteroatoms. The van der Waals surface area contributed by atoms with Gasteiger partial charge in [0, 0.05) is 0 Å². The minimum atomic E-state index is -0.121. The van der Waals surface area contributed by atoms with Crippen LogP contribution in [0.2, 0.25) is 0 Å². The average molecular weight is 262 g/mol. The lowest BCUT2D eigenvalue weighted by molar-refractivity contribution is -0.146. The van der Waals surface area contributed by atoms with Crippen molar-refractivity contribution in [3.8, 4) is 5.75 Å². The first-order valence-corrected chi connectivity index (χ1v) is 6.94. The summed E-state index contributed by atoms with van der Waals surface area (Å²) in [5.74, 6) is 1.07. The van der Waals surface area contributed by atoms with Gasteiger partial charge in [0.2, 0.25) is 0 Å².